The van der Waals surface area contributed by atoms with Gasteiger partial charge in [0.15, 0.2) is 5.75 Å². The van der Waals surface area contributed by atoms with E-state index < -0.39 is 6.61 Å². The lowest BCUT2D eigenvalue weighted by Gasteiger charge is -2.34. The molecule has 26 heavy (non-hydrogen) atoms. The predicted molar refractivity (Wildman–Crippen MR) is 98.7 cm³/mol. The van der Waals surface area contributed by atoms with Crippen LogP contribution in [0.4, 0.5) is 5.95 Å². The molecule has 1 saturated heterocycles. The SMILES string of the molecule is O=C(CO)N1CCN(c2ncc(OCc3c(Cl)cccc3Cl)cn2)CC1. The molecule has 2 heterocycles. The minimum Gasteiger partial charge on any atom is -0.486 e. The van der Waals surface area contributed by atoms with Crippen LogP contribution < -0.4 is 9.64 Å². The Kier molecular flexibility index (Phi) is 6.13. The summed E-state index contributed by atoms with van der Waals surface area (Å²) in [6.45, 7) is 2.06. The number of benzene rings is 1. The number of anilines is 1. The van der Waals surface area contributed by atoms with E-state index in [2.05, 4.69) is 9.97 Å². The Morgan fingerprint density at radius 1 is 1.12 bits per heavy atom. The monoisotopic (exact) mass is 396 g/mol. The summed E-state index contributed by atoms with van der Waals surface area (Å²) in [5, 5.41) is 10.0. The molecule has 0 bridgehead atoms. The summed E-state index contributed by atoms with van der Waals surface area (Å²) in [7, 11) is 0. The molecule has 1 N–H and O–H groups in total. The van der Waals surface area contributed by atoms with Crippen LogP contribution in [-0.2, 0) is 11.4 Å². The molecule has 1 fully saturated rings. The van der Waals surface area contributed by atoms with Gasteiger partial charge in [-0.15, -0.1) is 0 Å². The molecule has 1 aliphatic rings. The second-order valence-electron chi connectivity index (χ2n) is 5.73. The molecule has 3 rings (SSSR count). The standard InChI is InChI=1S/C17H18Cl2N4O3/c18-14-2-1-3-15(19)13(14)11-26-12-8-20-17(21-9-12)23-6-4-22(5-7-23)16(25)10-24/h1-3,8-9,24H,4-7,10-11H2. The molecule has 0 radical (unpaired) electrons. The van der Waals surface area contributed by atoms with E-state index in [-0.39, 0.29) is 12.5 Å². The fraction of sp³-hybridized carbons (Fsp3) is 0.353. The first-order valence-electron chi connectivity index (χ1n) is 8.10. The van der Waals surface area contributed by atoms with Crippen molar-refractivity contribution < 1.29 is 14.6 Å². The van der Waals surface area contributed by atoms with E-state index in [1.165, 1.54) is 0 Å². The van der Waals surface area contributed by atoms with Crippen LogP contribution in [0.1, 0.15) is 5.56 Å². The Hall–Kier alpha value is -2.09. The van der Waals surface area contributed by atoms with Gasteiger partial charge in [0.2, 0.25) is 11.9 Å². The Morgan fingerprint density at radius 3 is 2.31 bits per heavy atom. The smallest absolute Gasteiger partial charge is 0.248 e. The maximum absolute atomic E-state index is 11.5. The van der Waals surface area contributed by atoms with E-state index in [4.69, 9.17) is 33.0 Å². The number of rotatable bonds is 5. The van der Waals surface area contributed by atoms with Crippen molar-refractivity contribution in [3.63, 3.8) is 0 Å². The summed E-state index contributed by atoms with van der Waals surface area (Å²) >= 11 is 12.2. The molecule has 0 aliphatic carbocycles. The van der Waals surface area contributed by atoms with Gasteiger partial charge in [0, 0.05) is 41.8 Å². The summed E-state index contributed by atoms with van der Waals surface area (Å²) < 4.78 is 5.67. The Labute approximate surface area is 161 Å². The lowest BCUT2D eigenvalue weighted by atomic mass is 10.2. The molecule has 1 aromatic heterocycles. The molecule has 0 spiro atoms. The fourth-order valence-corrected chi connectivity index (χ4v) is 3.14. The number of amides is 1. The van der Waals surface area contributed by atoms with Crippen LogP contribution in [0.2, 0.25) is 10.0 Å². The zero-order valence-corrected chi connectivity index (χ0v) is 15.4. The molecule has 1 aromatic carbocycles. The summed E-state index contributed by atoms with van der Waals surface area (Å²) in [5.41, 5.74) is 0.713. The van der Waals surface area contributed by atoms with Gasteiger partial charge in [0.1, 0.15) is 13.2 Å². The minimum absolute atomic E-state index is 0.225. The van der Waals surface area contributed by atoms with Gasteiger partial charge in [-0.05, 0) is 12.1 Å². The number of nitrogens with zero attached hydrogens (tertiary/aromatic N) is 4. The molecule has 2 aromatic rings. The average molecular weight is 397 g/mol. The molecular weight excluding hydrogens is 379 g/mol. The number of hydrogen-bond acceptors (Lipinski definition) is 6. The molecule has 0 saturated carbocycles. The van der Waals surface area contributed by atoms with Crippen molar-refractivity contribution in [1.82, 2.24) is 14.9 Å². The summed E-state index contributed by atoms with van der Waals surface area (Å²) in [5.74, 6) is 0.829. The quantitative estimate of drug-likeness (QED) is 0.832. The molecule has 138 valence electrons. The molecule has 0 atom stereocenters. The van der Waals surface area contributed by atoms with Gasteiger partial charge in [-0.2, -0.15) is 0 Å². The highest BCUT2D eigenvalue weighted by molar-refractivity contribution is 6.35. The Morgan fingerprint density at radius 2 is 1.73 bits per heavy atom. The van der Waals surface area contributed by atoms with Gasteiger partial charge >= 0.3 is 0 Å². The Bertz CT molecular complexity index is 745. The number of ether oxygens (including phenoxy) is 1. The first-order valence-corrected chi connectivity index (χ1v) is 8.85. The van der Waals surface area contributed by atoms with Gasteiger partial charge in [0.05, 0.1) is 12.4 Å². The number of aromatic nitrogens is 2. The first-order chi connectivity index (χ1) is 12.6. The predicted octanol–water partition coefficient (Wildman–Crippen LogP) is 2.00. The van der Waals surface area contributed by atoms with Crippen molar-refractivity contribution in [2.75, 3.05) is 37.7 Å². The highest BCUT2D eigenvalue weighted by Crippen LogP contribution is 2.25. The van der Waals surface area contributed by atoms with Crippen LogP contribution in [0.25, 0.3) is 0 Å². The summed E-state index contributed by atoms with van der Waals surface area (Å²) in [6, 6.07) is 5.29. The third-order valence-corrected chi connectivity index (χ3v) is 4.82. The molecular formula is C17H18Cl2N4O3. The number of halogens is 2. The number of aliphatic hydroxyl groups is 1. The molecule has 9 heteroatoms. The highest BCUT2D eigenvalue weighted by atomic mass is 35.5. The zero-order valence-electron chi connectivity index (χ0n) is 13.9. The fourth-order valence-electron chi connectivity index (χ4n) is 2.63. The Balaban J connectivity index is 1.57. The summed E-state index contributed by atoms with van der Waals surface area (Å²) in [4.78, 5) is 23.7. The van der Waals surface area contributed by atoms with E-state index in [0.29, 0.717) is 53.5 Å². The van der Waals surface area contributed by atoms with Crippen molar-refractivity contribution in [2.24, 2.45) is 0 Å². The molecule has 1 amide bonds. The van der Waals surface area contributed by atoms with Crippen molar-refractivity contribution >= 4 is 35.1 Å². The van der Waals surface area contributed by atoms with E-state index in [0.717, 1.165) is 0 Å². The van der Waals surface area contributed by atoms with E-state index in [9.17, 15) is 4.79 Å². The van der Waals surface area contributed by atoms with Gasteiger partial charge in [-0.1, -0.05) is 29.3 Å². The third kappa shape index (κ3) is 4.35. The van der Waals surface area contributed by atoms with Crippen LogP contribution in [0.3, 0.4) is 0 Å². The van der Waals surface area contributed by atoms with E-state index in [1.54, 1.807) is 35.5 Å². The molecule has 1 aliphatic heterocycles. The topological polar surface area (TPSA) is 78.8 Å². The van der Waals surface area contributed by atoms with E-state index >= 15 is 0 Å². The van der Waals surface area contributed by atoms with Crippen LogP contribution in [0.5, 0.6) is 5.75 Å². The van der Waals surface area contributed by atoms with Crippen LogP contribution >= 0.6 is 23.2 Å². The normalized spacial score (nSPS) is 14.4. The van der Waals surface area contributed by atoms with Crippen LogP contribution in [0.15, 0.2) is 30.6 Å². The number of piperazine rings is 1. The third-order valence-electron chi connectivity index (χ3n) is 4.11. The zero-order chi connectivity index (χ0) is 18.5. The number of carbonyl (C=O) groups is 1. The van der Waals surface area contributed by atoms with Gasteiger partial charge < -0.3 is 19.6 Å². The van der Waals surface area contributed by atoms with Crippen molar-refractivity contribution in [3.05, 3.63) is 46.2 Å². The van der Waals surface area contributed by atoms with Crippen molar-refractivity contribution in [2.45, 2.75) is 6.61 Å². The van der Waals surface area contributed by atoms with Crippen molar-refractivity contribution in [3.8, 4) is 5.75 Å². The van der Waals surface area contributed by atoms with Gasteiger partial charge in [-0.3, -0.25) is 4.79 Å². The lowest BCUT2D eigenvalue weighted by Crippen LogP contribution is -2.50. The summed E-state index contributed by atoms with van der Waals surface area (Å²) in [6.07, 6.45) is 3.19. The maximum atomic E-state index is 11.5. The molecule has 0 unspecified atom stereocenters. The first kappa shape index (κ1) is 18.7. The van der Waals surface area contributed by atoms with Gasteiger partial charge in [0.25, 0.3) is 0 Å². The van der Waals surface area contributed by atoms with Crippen LogP contribution in [-0.4, -0.2) is 58.7 Å². The number of carbonyl (C=O) groups excluding carboxylic acids is 1. The number of aliphatic hydroxyl groups excluding tert-OH is 1. The van der Waals surface area contributed by atoms with E-state index in [1.807, 2.05) is 4.90 Å². The highest BCUT2D eigenvalue weighted by Gasteiger charge is 2.21. The average Bonchev–Trinajstić information content (AvgIpc) is 2.67. The molecule has 7 nitrogen and oxygen atoms in total. The second kappa shape index (κ2) is 8.53. The largest absolute Gasteiger partial charge is 0.486 e. The van der Waals surface area contributed by atoms with Crippen LogP contribution in [0, 0.1) is 0 Å². The van der Waals surface area contributed by atoms with Gasteiger partial charge in [-0.25, -0.2) is 9.97 Å². The number of hydrogen-bond donors (Lipinski definition) is 1. The maximum Gasteiger partial charge on any atom is 0.248 e. The second-order valence-corrected chi connectivity index (χ2v) is 6.55. The van der Waals surface area contributed by atoms with Crippen molar-refractivity contribution in [1.29, 1.82) is 0 Å². The lowest BCUT2D eigenvalue weighted by molar-refractivity contribution is -0.134. The minimum atomic E-state index is -0.460.